The highest BCUT2D eigenvalue weighted by molar-refractivity contribution is 5.74. The molecule has 0 aliphatic rings. The molecule has 0 heterocycles. The van der Waals surface area contributed by atoms with Crippen molar-refractivity contribution in [1.29, 1.82) is 0 Å². The summed E-state index contributed by atoms with van der Waals surface area (Å²) < 4.78 is 0. The Morgan fingerprint density at radius 1 is 1.25 bits per heavy atom. The largest absolute Gasteiger partial charge is 0.479 e. The number of hydrogen-bond donors (Lipinski definition) is 4. The van der Waals surface area contributed by atoms with E-state index < -0.39 is 12.1 Å². The van der Waals surface area contributed by atoms with Gasteiger partial charge in [0, 0.05) is 26.1 Å². The minimum absolute atomic E-state index is 0.00354. The predicted octanol–water partition coefficient (Wildman–Crippen LogP) is -1.32. The number of amides is 2. The van der Waals surface area contributed by atoms with Crippen molar-refractivity contribution in [2.24, 2.45) is 0 Å². The van der Waals surface area contributed by atoms with Crippen LogP contribution in [0.4, 0.5) is 4.79 Å². The maximum absolute atomic E-state index is 11.1. The smallest absolute Gasteiger partial charge is 0.332 e. The van der Waals surface area contributed by atoms with Gasteiger partial charge in [-0.25, -0.2) is 9.59 Å². The number of carboxylic acids is 1. The van der Waals surface area contributed by atoms with Gasteiger partial charge in [0.2, 0.25) is 0 Å². The molecule has 1 atom stereocenters. The molecule has 0 aliphatic heterocycles. The summed E-state index contributed by atoms with van der Waals surface area (Å²) in [6.45, 7) is 1.37. The molecule has 0 aromatic carbocycles. The number of carboxylic acid groups (broad SMARTS) is 1. The lowest BCUT2D eigenvalue weighted by Crippen LogP contribution is -2.40. The number of carbonyl (C=O) groups is 2. The third kappa shape index (κ3) is 8.01. The highest BCUT2D eigenvalue weighted by Crippen LogP contribution is 1.88. The number of rotatable bonds is 7. The zero-order valence-electron chi connectivity index (χ0n) is 9.56. The van der Waals surface area contributed by atoms with E-state index in [1.807, 2.05) is 19.0 Å². The van der Waals surface area contributed by atoms with Gasteiger partial charge in [0.25, 0.3) is 0 Å². The lowest BCUT2D eigenvalue weighted by Gasteiger charge is -2.11. The Morgan fingerprint density at radius 2 is 1.81 bits per heavy atom. The Balaban J connectivity index is 3.47. The van der Waals surface area contributed by atoms with Crippen molar-refractivity contribution in [3.05, 3.63) is 0 Å². The molecule has 0 aromatic rings. The van der Waals surface area contributed by atoms with Gasteiger partial charge in [-0.05, 0) is 14.1 Å². The molecule has 1 unspecified atom stereocenters. The van der Waals surface area contributed by atoms with Crippen LogP contribution < -0.4 is 10.6 Å². The molecule has 16 heavy (non-hydrogen) atoms. The highest BCUT2D eigenvalue weighted by atomic mass is 16.4. The van der Waals surface area contributed by atoms with Gasteiger partial charge in [0.15, 0.2) is 6.10 Å². The first-order valence-corrected chi connectivity index (χ1v) is 5.00. The van der Waals surface area contributed by atoms with Gasteiger partial charge in [-0.15, -0.1) is 0 Å². The Kier molecular flexibility index (Phi) is 7.23. The molecule has 0 aromatic heterocycles. The number of hydrogen-bond acceptors (Lipinski definition) is 4. The molecule has 94 valence electrons. The first-order chi connectivity index (χ1) is 7.43. The van der Waals surface area contributed by atoms with Crippen molar-refractivity contribution in [2.45, 2.75) is 12.5 Å². The fraction of sp³-hybridized carbons (Fsp3) is 0.778. The monoisotopic (exact) mass is 233 g/mol. The van der Waals surface area contributed by atoms with Crippen LogP contribution in [0.2, 0.25) is 0 Å². The molecule has 7 nitrogen and oxygen atoms in total. The summed E-state index contributed by atoms with van der Waals surface area (Å²) >= 11 is 0. The number of aliphatic hydroxyl groups is 1. The molecule has 0 bridgehead atoms. The topological polar surface area (TPSA) is 102 Å². The van der Waals surface area contributed by atoms with E-state index in [2.05, 4.69) is 10.6 Å². The average molecular weight is 233 g/mol. The number of carbonyl (C=O) groups excluding carboxylic acids is 1. The quantitative estimate of drug-likeness (QED) is 0.437. The molecule has 0 spiro atoms. The summed E-state index contributed by atoms with van der Waals surface area (Å²) in [5, 5.41) is 22.3. The van der Waals surface area contributed by atoms with E-state index in [1.165, 1.54) is 0 Å². The van der Waals surface area contributed by atoms with E-state index in [9.17, 15) is 9.59 Å². The molecule has 0 aliphatic carbocycles. The normalized spacial score (nSPS) is 12.2. The molecule has 2 amide bonds. The number of likely N-dealkylation sites (N-methyl/N-ethyl adjacent to an activating group) is 1. The third-order valence-electron chi connectivity index (χ3n) is 1.83. The number of aliphatic hydroxyl groups excluding tert-OH is 1. The van der Waals surface area contributed by atoms with Crippen molar-refractivity contribution in [3.8, 4) is 0 Å². The van der Waals surface area contributed by atoms with Gasteiger partial charge in [-0.2, -0.15) is 0 Å². The molecule has 0 radical (unpaired) electrons. The SMILES string of the molecule is CN(C)CCNC(=O)NCCC(O)C(=O)O. The number of urea groups is 1. The molecule has 0 fully saturated rings. The van der Waals surface area contributed by atoms with Crippen LogP contribution in [0.5, 0.6) is 0 Å². The Bertz CT molecular complexity index is 233. The molecular weight excluding hydrogens is 214 g/mol. The van der Waals surface area contributed by atoms with Crippen LogP contribution >= 0.6 is 0 Å². The highest BCUT2D eigenvalue weighted by Gasteiger charge is 2.12. The second kappa shape index (κ2) is 7.89. The van der Waals surface area contributed by atoms with Gasteiger partial charge in [0.1, 0.15) is 0 Å². The fourth-order valence-electron chi connectivity index (χ4n) is 0.901. The molecule has 7 heteroatoms. The van der Waals surface area contributed by atoms with E-state index in [4.69, 9.17) is 10.2 Å². The minimum Gasteiger partial charge on any atom is -0.479 e. The van der Waals surface area contributed by atoms with E-state index >= 15 is 0 Å². The van der Waals surface area contributed by atoms with E-state index in [0.29, 0.717) is 6.54 Å². The first kappa shape index (κ1) is 14.7. The van der Waals surface area contributed by atoms with E-state index in [-0.39, 0.29) is 19.0 Å². The van der Waals surface area contributed by atoms with Crippen molar-refractivity contribution >= 4 is 12.0 Å². The first-order valence-electron chi connectivity index (χ1n) is 5.00. The van der Waals surface area contributed by atoms with Gasteiger partial charge in [-0.3, -0.25) is 0 Å². The summed E-state index contributed by atoms with van der Waals surface area (Å²) in [7, 11) is 3.78. The molecule has 0 rings (SSSR count). The molecule has 0 saturated carbocycles. The van der Waals surface area contributed by atoms with Crippen molar-refractivity contribution in [2.75, 3.05) is 33.7 Å². The summed E-state index contributed by atoms with van der Waals surface area (Å²) in [6, 6.07) is -0.362. The average Bonchev–Trinajstić information content (AvgIpc) is 2.16. The van der Waals surface area contributed by atoms with Crippen LogP contribution in [-0.2, 0) is 4.79 Å². The third-order valence-corrected chi connectivity index (χ3v) is 1.83. The summed E-state index contributed by atoms with van der Waals surface area (Å²) in [5.41, 5.74) is 0. The van der Waals surface area contributed by atoms with Crippen LogP contribution in [0.1, 0.15) is 6.42 Å². The van der Waals surface area contributed by atoms with E-state index in [0.717, 1.165) is 6.54 Å². The second-order valence-electron chi connectivity index (χ2n) is 3.63. The molecule has 0 saturated heterocycles. The standard InChI is InChI=1S/C9H19N3O4/c1-12(2)6-5-11-9(16)10-4-3-7(13)8(14)15/h7,13H,3-6H2,1-2H3,(H,14,15)(H2,10,11,16). The van der Waals surface area contributed by atoms with Gasteiger partial charge >= 0.3 is 12.0 Å². The van der Waals surface area contributed by atoms with Crippen LogP contribution in [0.15, 0.2) is 0 Å². The molecular formula is C9H19N3O4. The van der Waals surface area contributed by atoms with Crippen molar-refractivity contribution < 1.29 is 19.8 Å². The number of nitrogens with zero attached hydrogens (tertiary/aromatic N) is 1. The summed E-state index contributed by atoms with van der Waals surface area (Å²) in [5.74, 6) is -1.28. The van der Waals surface area contributed by atoms with Gasteiger partial charge in [-0.1, -0.05) is 0 Å². The Morgan fingerprint density at radius 3 is 2.31 bits per heavy atom. The number of aliphatic carboxylic acids is 1. The van der Waals surface area contributed by atoms with Crippen molar-refractivity contribution in [3.63, 3.8) is 0 Å². The minimum atomic E-state index is -1.43. The Labute approximate surface area is 94.4 Å². The molecule has 4 N–H and O–H groups in total. The van der Waals surface area contributed by atoms with Crippen LogP contribution in [0.25, 0.3) is 0 Å². The van der Waals surface area contributed by atoms with Gasteiger partial charge in [0.05, 0.1) is 0 Å². The summed E-state index contributed by atoms with van der Waals surface area (Å²) in [4.78, 5) is 23.3. The lowest BCUT2D eigenvalue weighted by atomic mass is 10.2. The van der Waals surface area contributed by atoms with Crippen molar-refractivity contribution in [1.82, 2.24) is 15.5 Å². The Hall–Kier alpha value is -1.34. The van der Waals surface area contributed by atoms with Gasteiger partial charge < -0.3 is 25.7 Å². The van der Waals surface area contributed by atoms with Crippen LogP contribution in [0, 0.1) is 0 Å². The zero-order chi connectivity index (χ0) is 12.6. The van der Waals surface area contributed by atoms with Crippen LogP contribution in [0.3, 0.4) is 0 Å². The zero-order valence-corrected chi connectivity index (χ0v) is 9.56. The number of nitrogens with one attached hydrogen (secondary N) is 2. The maximum atomic E-state index is 11.1. The lowest BCUT2D eigenvalue weighted by molar-refractivity contribution is -0.146. The predicted molar refractivity (Wildman–Crippen MR) is 58.2 cm³/mol. The maximum Gasteiger partial charge on any atom is 0.332 e. The van der Waals surface area contributed by atoms with E-state index in [1.54, 1.807) is 0 Å². The fourth-order valence-corrected chi connectivity index (χ4v) is 0.901. The second-order valence-corrected chi connectivity index (χ2v) is 3.63. The summed E-state index contributed by atoms with van der Waals surface area (Å²) in [6.07, 6.45) is -1.43. The van der Waals surface area contributed by atoms with Crippen LogP contribution in [-0.4, -0.2) is 66.9 Å².